The summed E-state index contributed by atoms with van der Waals surface area (Å²) < 4.78 is 3.87. The van der Waals surface area contributed by atoms with Crippen LogP contribution in [0.2, 0.25) is 0 Å². The maximum absolute atomic E-state index is 4.41. The molecule has 0 aliphatic rings. The Bertz CT molecular complexity index is 462. The summed E-state index contributed by atoms with van der Waals surface area (Å²) in [6.07, 6.45) is 5.09. The minimum Gasteiger partial charge on any atom is -0.363 e. The number of nitrogens with zero attached hydrogens (tertiary/aromatic N) is 4. The number of halogens is 1. The average molecular weight is 270 g/mol. The lowest BCUT2D eigenvalue weighted by molar-refractivity contribution is 0.603. The van der Waals surface area contributed by atoms with E-state index in [2.05, 4.69) is 29.4 Å². The number of hydrogen-bond acceptors (Lipinski definition) is 3. The molecule has 0 aromatic carbocycles. The summed E-state index contributed by atoms with van der Waals surface area (Å²) in [7, 11) is 0. The van der Waals surface area contributed by atoms with Crippen molar-refractivity contribution in [1.29, 1.82) is 0 Å². The second kappa shape index (κ2) is 7.06. The number of rotatable bonds is 6. The highest BCUT2D eigenvalue weighted by Gasteiger charge is 2.00. The number of nitrogens with one attached hydrogen (secondary N) is 1. The van der Waals surface area contributed by atoms with E-state index in [4.69, 9.17) is 0 Å². The fourth-order valence-electron chi connectivity index (χ4n) is 1.66. The van der Waals surface area contributed by atoms with E-state index in [1.807, 2.05) is 33.9 Å². The predicted octanol–water partition coefficient (Wildman–Crippen LogP) is 2.54. The summed E-state index contributed by atoms with van der Waals surface area (Å²) in [6, 6.07) is 4.02. The average Bonchev–Trinajstić information content (AvgIpc) is 2.95. The maximum Gasteiger partial charge on any atom is 0.148 e. The molecule has 0 saturated heterocycles. The Morgan fingerprint density at radius 1 is 1.11 bits per heavy atom. The molecule has 0 bridgehead atoms. The zero-order valence-electron chi connectivity index (χ0n) is 10.8. The lowest BCUT2D eigenvalue weighted by atomic mass is 10.4. The molecule has 0 amide bonds. The molecule has 0 fully saturated rings. The molecule has 2 heterocycles. The number of anilines is 1. The Morgan fingerprint density at radius 3 is 2.56 bits per heavy atom. The summed E-state index contributed by atoms with van der Waals surface area (Å²) in [4.78, 5) is 0. The SMILES string of the molecule is CCCn1ccc(NCc2ccn(CC)n2)n1.Cl. The van der Waals surface area contributed by atoms with E-state index in [0.29, 0.717) is 0 Å². The van der Waals surface area contributed by atoms with Gasteiger partial charge in [-0.3, -0.25) is 9.36 Å². The molecule has 0 aliphatic heterocycles. The van der Waals surface area contributed by atoms with Crippen LogP contribution in [0.3, 0.4) is 0 Å². The lowest BCUT2D eigenvalue weighted by Gasteiger charge is -2.00. The Kier molecular flexibility index (Phi) is 5.71. The summed E-state index contributed by atoms with van der Waals surface area (Å²) in [5, 5.41) is 12.1. The fraction of sp³-hybridized carbons (Fsp3) is 0.500. The predicted molar refractivity (Wildman–Crippen MR) is 75.0 cm³/mol. The molecule has 0 aliphatic carbocycles. The van der Waals surface area contributed by atoms with Gasteiger partial charge in [0.15, 0.2) is 0 Å². The van der Waals surface area contributed by atoms with Crippen LogP contribution in [0.1, 0.15) is 26.0 Å². The van der Waals surface area contributed by atoms with Crippen molar-refractivity contribution in [3.05, 3.63) is 30.2 Å². The molecule has 0 atom stereocenters. The summed E-state index contributed by atoms with van der Waals surface area (Å²) in [5.74, 6) is 0.907. The van der Waals surface area contributed by atoms with Crippen LogP contribution in [0, 0.1) is 0 Å². The smallest absolute Gasteiger partial charge is 0.148 e. The molecule has 2 aromatic heterocycles. The molecule has 0 radical (unpaired) electrons. The molecule has 6 heteroatoms. The van der Waals surface area contributed by atoms with Crippen molar-refractivity contribution in [2.45, 2.75) is 39.9 Å². The third-order valence-electron chi connectivity index (χ3n) is 2.56. The molecule has 1 N–H and O–H groups in total. The van der Waals surface area contributed by atoms with Crippen LogP contribution in [0.15, 0.2) is 24.5 Å². The van der Waals surface area contributed by atoms with Crippen LogP contribution in [0.4, 0.5) is 5.82 Å². The van der Waals surface area contributed by atoms with Gasteiger partial charge in [0.05, 0.1) is 12.2 Å². The van der Waals surface area contributed by atoms with Crippen molar-refractivity contribution in [1.82, 2.24) is 19.6 Å². The van der Waals surface area contributed by atoms with Crippen LogP contribution < -0.4 is 5.32 Å². The molecule has 0 unspecified atom stereocenters. The summed E-state index contributed by atoms with van der Waals surface area (Å²) >= 11 is 0. The van der Waals surface area contributed by atoms with Crippen molar-refractivity contribution < 1.29 is 0 Å². The van der Waals surface area contributed by atoms with E-state index < -0.39 is 0 Å². The van der Waals surface area contributed by atoms with E-state index in [0.717, 1.165) is 37.6 Å². The maximum atomic E-state index is 4.41. The van der Waals surface area contributed by atoms with E-state index in [-0.39, 0.29) is 12.4 Å². The van der Waals surface area contributed by atoms with Gasteiger partial charge in [-0.2, -0.15) is 10.2 Å². The topological polar surface area (TPSA) is 47.7 Å². The highest BCUT2D eigenvalue weighted by Crippen LogP contribution is 2.05. The highest BCUT2D eigenvalue weighted by atomic mass is 35.5. The van der Waals surface area contributed by atoms with E-state index in [1.165, 1.54) is 0 Å². The Balaban J connectivity index is 0.00000162. The molecular weight excluding hydrogens is 250 g/mol. The molecular formula is C12H20ClN5. The second-order valence-corrected chi connectivity index (χ2v) is 3.98. The van der Waals surface area contributed by atoms with Gasteiger partial charge in [-0.1, -0.05) is 6.92 Å². The molecule has 100 valence electrons. The van der Waals surface area contributed by atoms with Gasteiger partial charge in [-0.25, -0.2) is 0 Å². The monoisotopic (exact) mass is 269 g/mol. The van der Waals surface area contributed by atoms with Crippen LogP contribution in [0.5, 0.6) is 0 Å². The van der Waals surface area contributed by atoms with E-state index in [9.17, 15) is 0 Å². The van der Waals surface area contributed by atoms with Crippen LogP contribution in [0.25, 0.3) is 0 Å². The van der Waals surface area contributed by atoms with E-state index >= 15 is 0 Å². The minimum atomic E-state index is 0. The van der Waals surface area contributed by atoms with Gasteiger partial charge in [-0.05, 0) is 19.4 Å². The number of aromatic nitrogens is 4. The molecule has 5 nitrogen and oxygen atoms in total. The zero-order chi connectivity index (χ0) is 12.1. The quantitative estimate of drug-likeness (QED) is 0.877. The Morgan fingerprint density at radius 2 is 1.89 bits per heavy atom. The van der Waals surface area contributed by atoms with Crippen LogP contribution in [-0.4, -0.2) is 19.6 Å². The van der Waals surface area contributed by atoms with Crippen LogP contribution >= 0.6 is 12.4 Å². The first kappa shape index (κ1) is 14.6. The second-order valence-electron chi connectivity index (χ2n) is 3.98. The largest absolute Gasteiger partial charge is 0.363 e. The normalized spacial score (nSPS) is 10.1. The summed E-state index contributed by atoms with van der Waals surface area (Å²) in [6.45, 7) is 6.82. The van der Waals surface area contributed by atoms with E-state index in [1.54, 1.807) is 0 Å². The molecule has 0 spiro atoms. The van der Waals surface area contributed by atoms with Gasteiger partial charge < -0.3 is 5.32 Å². The Labute approximate surface area is 114 Å². The first-order valence-corrected chi connectivity index (χ1v) is 6.11. The van der Waals surface area contributed by atoms with Crippen molar-refractivity contribution in [2.24, 2.45) is 0 Å². The number of hydrogen-bond donors (Lipinski definition) is 1. The Hall–Kier alpha value is -1.49. The summed E-state index contributed by atoms with van der Waals surface area (Å²) in [5.41, 5.74) is 1.04. The standard InChI is InChI=1S/C12H19N5.ClH/c1-3-7-17-9-6-12(15-17)13-10-11-5-8-16(4-2)14-11;/h5-6,8-9H,3-4,7,10H2,1-2H3,(H,13,15);1H. The number of aryl methyl sites for hydroxylation is 2. The van der Waals surface area contributed by atoms with Gasteiger partial charge in [0.1, 0.15) is 5.82 Å². The first-order valence-electron chi connectivity index (χ1n) is 6.11. The van der Waals surface area contributed by atoms with Crippen molar-refractivity contribution in [3.8, 4) is 0 Å². The lowest BCUT2D eigenvalue weighted by Crippen LogP contribution is -2.04. The third-order valence-corrected chi connectivity index (χ3v) is 2.56. The molecule has 18 heavy (non-hydrogen) atoms. The molecule has 2 aromatic rings. The fourth-order valence-corrected chi connectivity index (χ4v) is 1.66. The van der Waals surface area contributed by atoms with Crippen LogP contribution in [-0.2, 0) is 19.6 Å². The minimum absolute atomic E-state index is 0. The van der Waals surface area contributed by atoms with Crippen molar-refractivity contribution in [2.75, 3.05) is 5.32 Å². The van der Waals surface area contributed by atoms with Gasteiger partial charge in [0.2, 0.25) is 0 Å². The van der Waals surface area contributed by atoms with Gasteiger partial charge in [0.25, 0.3) is 0 Å². The van der Waals surface area contributed by atoms with Gasteiger partial charge in [0, 0.05) is 31.5 Å². The van der Waals surface area contributed by atoms with Gasteiger partial charge in [-0.15, -0.1) is 12.4 Å². The first-order chi connectivity index (χ1) is 8.31. The molecule has 2 rings (SSSR count). The van der Waals surface area contributed by atoms with Crippen molar-refractivity contribution in [3.63, 3.8) is 0 Å². The zero-order valence-corrected chi connectivity index (χ0v) is 11.7. The highest BCUT2D eigenvalue weighted by molar-refractivity contribution is 5.85. The third kappa shape index (κ3) is 3.77. The molecule has 0 saturated carbocycles. The van der Waals surface area contributed by atoms with Gasteiger partial charge >= 0.3 is 0 Å². The van der Waals surface area contributed by atoms with Crippen molar-refractivity contribution >= 4 is 18.2 Å².